The van der Waals surface area contributed by atoms with Crippen LogP contribution in [0.1, 0.15) is 19.8 Å². The monoisotopic (exact) mass is 328 g/mol. The fourth-order valence-corrected chi connectivity index (χ4v) is 1.91. The number of phosphoric ester groups is 1. The van der Waals surface area contributed by atoms with Crippen LogP contribution in [0.15, 0.2) is 0 Å². The summed E-state index contributed by atoms with van der Waals surface area (Å²) in [5.74, 6) is -0.428. The molecule has 0 saturated heterocycles. The van der Waals surface area contributed by atoms with Gasteiger partial charge in [-0.1, -0.05) is 6.92 Å². The number of quaternary nitrogens is 1. The molecule has 1 unspecified atom stereocenters. The molecule has 0 aromatic heterocycles. The molecular formula is C12H27NO7P+. The second kappa shape index (κ2) is 9.50. The van der Waals surface area contributed by atoms with Crippen molar-refractivity contribution in [3.8, 4) is 0 Å². The Balaban J connectivity index is 3.91. The highest BCUT2D eigenvalue weighted by Crippen LogP contribution is 2.43. The first-order valence-electron chi connectivity index (χ1n) is 6.82. The van der Waals surface area contributed by atoms with Crippen LogP contribution in [0.25, 0.3) is 0 Å². The lowest BCUT2D eigenvalue weighted by molar-refractivity contribution is -0.870. The highest BCUT2D eigenvalue weighted by molar-refractivity contribution is 7.47. The maximum Gasteiger partial charge on any atom is 0.472 e. The second-order valence-electron chi connectivity index (χ2n) is 5.70. The number of ether oxygens (including phenoxy) is 1. The standard InChI is InChI=1S/C12H26NO7P/c1-5-6-12(15)18-9-11(14)10-20-21(16,17)19-8-7-13(2,3)4/h11,14H,5-10H2,1-4H3/p+1/t11-/m1/s1. The normalized spacial score (nSPS) is 16.3. The minimum atomic E-state index is -4.20. The molecule has 8 nitrogen and oxygen atoms in total. The molecule has 0 amide bonds. The molecule has 9 heteroatoms. The lowest BCUT2D eigenvalue weighted by atomic mass is 10.3. The van der Waals surface area contributed by atoms with Crippen LogP contribution in [0.2, 0.25) is 0 Å². The Morgan fingerprint density at radius 3 is 2.38 bits per heavy atom. The van der Waals surface area contributed by atoms with Gasteiger partial charge in [-0.05, 0) is 6.42 Å². The van der Waals surface area contributed by atoms with E-state index in [9.17, 15) is 19.4 Å². The molecule has 0 aliphatic carbocycles. The van der Waals surface area contributed by atoms with Gasteiger partial charge in [0, 0.05) is 6.42 Å². The minimum Gasteiger partial charge on any atom is -0.463 e. The summed E-state index contributed by atoms with van der Waals surface area (Å²) in [4.78, 5) is 20.5. The van der Waals surface area contributed by atoms with Crippen molar-refractivity contribution in [1.29, 1.82) is 0 Å². The fraction of sp³-hybridized carbons (Fsp3) is 0.917. The number of carbonyl (C=O) groups is 1. The van der Waals surface area contributed by atoms with Gasteiger partial charge in [0.25, 0.3) is 0 Å². The number of esters is 1. The Morgan fingerprint density at radius 2 is 1.86 bits per heavy atom. The molecule has 21 heavy (non-hydrogen) atoms. The van der Waals surface area contributed by atoms with E-state index < -0.39 is 26.5 Å². The molecule has 126 valence electrons. The topological polar surface area (TPSA) is 102 Å². The van der Waals surface area contributed by atoms with Crippen LogP contribution in [0.4, 0.5) is 0 Å². The molecule has 0 aliphatic heterocycles. The van der Waals surface area contributed by atoms with Crippen molar-refractivity contribution in [2.24, 2.45) is 0 Å². The molecule has 0 aliphatic rings. The Bertz CT molecular complexity index is 356. The first-order valence-corrected chi connectivity index (χ1v) is 8.31. The van der Waals surface area contributed by atoms with E-state index in [-0.39, 0.29) is 19.6 Å². The van der Waals surface area contributed by atoms with Gasteiger partial charge in [-0.2, -0.15) is 0 Å². The van der Waals surface area contributed by atoms with Crippen LogP contribution in [-0.2, 0) is 23.1 Å². The average Bonchev–Trinajstić information content (AvgIpc) is 2.32. The molecule has 0 aromatic rings. The summed E-state index contributed by atoms with van der Waals surface area (Å²) >= 11 is 0. The third-order valence-corrected chi connectivity index (χ3v) is 3.32. The number of hydrogen-bond donors (Lipinski definition) is 2. The summed E-state index contributed by atoms with van der Waals surface area (Å²) in [6.07, 6.45) is -0.259. The van der Waals surface area contributed by atoms with Crippen molar-refractivity contribution in [1.82, 2.24) is 0 Å². The zero-order valence-electron chi connectivity index (χ0n) is 13.2. The smallest absolute Gasteiger partial charge is 0.463 e. The van der Waals surface area contributed by atoms with Gasteiger partial charge in [0.1, 0.15) is 25.9 Å². The third kappa shape index (κ3) is 12.9. The number of phosphoric acid groups is 1. The fourth-order valence-electron chi connectivity index (χ4n) is 1.16. The lowest BCUT2D eigenvalue weighted by Crippen LogP contribution is -2.37. The number of aliphatic hydroxyl groups excluding tert-OH is 1. The van der Waals surface area contributed by atoms with Crippen LogP contribution in [0.3, 0.4) is 0 Å². The number of rotatable bonds is 11. The molecule has 0 rings (SSSR count). The molecule has 0 spiro atoms. The molecular weight excluding hydrogens is 301 g/mol. The predicted octanol–water partition coefficient (Wildman–Crippen LogP) is 0.530. The van der Waals surface area contributed by atoms with Gasteiger partial charge in [0.05, 0.1) is 27.7 Å². The van der Waals surface area contributed by atoms with Crippen LogP contribution < -0.4 is 0 Å². The van der Waals surface area contributed by atoms with E-state index in [1.54, 1.807) is 0 Å². The van der Waals surface area contributed by atoms with E-state index >= 15 is 0 Å². The summed E-state index contributed by atoms with van der Waals surface area (Å²) in [7, 11) is 1.55. The average molecular weight is 328 g/mol. The highest BCUT2D eigenvalue weighted by Gasteiger charge is 2.24. The van der Waals surface area contributed by atoms with Gasteiger partial charge in [0.15, 0.2) is 0 Å². The number of likely N-dealkylation sites (N-methyl/N-ethyl adjacent to an activating group) is 1. The number of carbonyl (C=O) groups excluding carboxylic acids is 1. The van der Waals surface area contributed by atoms with E-state index in [1.165, 1.54) is 0 Å². The van der Waals surface area contributed by atoms with Crippen LogP contribution in [0.5, 0.6) is 0 Å². The number of hydrogen-bond acceptors (Lipinski definition) is 6. The van der Waals surface area contributed by atoms with Crippen LogP contribution >= 0.6 is 7.82 Å². The van der Waals surface area contributed by atoms with Crippen LogP contribution in [0, 0.1) is 0 Å². The van der Waals surface area contributed by atoms with Crippen LogP contribution in [-0.4, -0.2) is 74.1 Å². The maximum atomic E-state index is 11.5. The van der Waals surface area contributed by atoms with Crippen molar-refractivity contribution < 1.29 is 37.6 Å². The molecule has 0 radical (unpaired) electrons. The van der Waals surface area contributed by atoms with Gasteiger partial charge in [-0.15, -0.1) is 0 Å². The summed E-state index contributed by atoms with van der Waals surface area (Å²) in [6.45, 7) is 1.69. The summed E-state index contributed by atoms with van der Waals surface area (Å²) in [5, 5.41) is 9.49. The molecule has 0 bridgehead atoms. The maximum absolute atomic E-state index is 11.5. The highest BCUT2D eigenvalue weighted by atomic mass is 31.2. The Hall–Kier alpha value is -0.500. The number of nitrogens with zero attached hydrogens (tertiary/aromatic N) is 1. The van der Waals surface area contributed by atoms with Crippen molar-refractivity contribution in [3.63, 3.8) is 0 Å². The molecule has 0 heterocycles. The van der Waals surface area contributed by atoms with Gasteiger partial charge in [0.2, 0.25) is 0 Å². The van der Waals surface area contributed by atoms with Gasteiger partial charge >= 0.3 is 13.8 Å². The summed E-state index contributed by atoms with van der Waals surface area (Å²) < 4.78 is 26.3. The van der Waals surface area contributed by atoms with Gasteiger partial charge in [-0.25, -0.2) is 4.57 Å². The summed E-state index contributed by atoms with van der Waals surface area (Å²) in [5.41, 5.74) is 0. The molecule has 0 fully saturated rings. The Labute approximate surface area is 125 Å². The first-order chi connectivity index (χ1) is 9.56. The zero-order chi connectivity index (χ0) is 16.5. The zero-order valence-corrected chi connectivity index (χ0v) is 14.0. The van der Waals surface area contributed by atoms with Gasteiger partial charge < -0.3 is 19.2 Å². The molecule has 2 N–H and O–H groups in total. The predicted molar refractivity (Wildman–Crippen MR) is 76.5 cm³/mol. The van der Waals surface area contributed by atoms with E-state index in [0.717, 1.165) is 0 Å². The van der Waals surface area contributed by atoms with Crippen molar-refractivity contribution in [2.75, 3.05) is 47.5 Å². The SMILES string of the molecule is CCCC(=O)OC[C@@H](O)COP(=O)(O)OCC[N+](C)(C)C. The van der Waals surface area contributed by atoms with E-state index in [0.29, 0.717) is 17.4 Å². The quantitative estimate of drug-likeness (QED) is 0.324. The van der Waals surface area contributed by atoms with E-state index in [2.05, 4.69) is 4.52 Å². The first kappa shape index (κ1) is 20.5. The second-order valence-corrected chi connectivity index (χ2v) is 7.15. The number of aliphatic hydroxyl groups is 1. The largest absolute Gasteiger partial charge is 0.472 e. The van der Waals surface area contributed by atoms with Crippen molar-refractivity contribution in [2.45, 2.75) is 25.9 Å². The minimum absolute atomic E-state index is 0.0544. The lowest BCUT2D eigenvalue weighted by Gasteiger charge is -2.24. The molecule has 0 saturated carbocycles. The molecule has 0 aromatic carbocycles. The third-order valence-electron chi connectivity index (χ3n) is 2.34. The van der Waals surface area contributed by atoms with E-state index in [1.807, 2.05) is 28.1 Å². The van der Waals surface area contributed by atoms with E-state index in [4.69, 9.17) is 9.26 Å². The van der Waals surface area contributed by atoms with Gasteiger partial charge in [-0.3, -0.25) is 13.8 Å². The Morgan fingerprint density at radius 1 is 1.24 bits per heavy atom. The Kier molecular flexibility index (Phi) is 9.28. The van der Waals surface area contributed by atoms with Crippen molar-refractivity contribution in [3.05, 3.63) is 0 Å². The summed E-state index contributed by atoms with van der Waals surface area (Å²) in [6, 6.07) is 0. The molecule has 2 atom stereocenters. The van der Waals surface area contributed by atoms with Crippen molar-refractivity contribution >= 4 is 13.8 Å².